The van der Waals surface area contributed by atoms with Crippen LogP contribution >= 0.6 is 50.3 Å². The topological polar surface area (TPSA) is 69.5 Å². The summed E-state index contributed by atoms with van der Waals surface area (Å²) in [7, 11) is 0. The molecule has 2 rings (SSSR count). The van der Waals surface area contributed by atoms with Crippen molar-refractivity contribution >= 4 is 50.3 Å². The van der Waals surface area contributed by atoms with Crippen molar-refractivity contribution in [2.75, 3.05) is 6.26 Å². The van der Waals surface area contributed by atoms with Crippen LogP contribution < -0.4 is 5.56 Å². The van der Waals surface area contributed by atoms with Gasteiger partial charge in [-0.05, 0) is 41.0 Å². The van der Waals surface area contributed by atoms with Crippen LogP contribution in [0.2, 0.25) is 0 Å². The average molecular weight is 448 g/mol. The van der Waals surface area contributed by atoms with E-state index in [2.05, 4.69) is 48.5 Å². The van der Waals surface area contributed by atoms with Gasteiger partial charge in [-0.3, -0.25) is 4.79 Å². The van der Waals surface area contributed by atoms with Crippen molar-refractivity contribution < 1.29 is 0 Å². The summed E-state index contributed by atoms with van der Waals surface area (Å²) >= 11 is 6.93. The Bertz CT molecular complexity index is 718. The van der Waals surface area contributed by atoms with Crippen molar-refractivity contribution in [3.63, 3.8) is 0 Å². The molecule has 0 fully saturated rings. The molecule has 0 amide bonds. The molecule has 0 aliphatic heterocycles. The molecule has 7 heteroatoms. The van der Waals surface area contributed by atoms with Gasteiger partial charge in [0.05, 0.1) is 5.69 Å². The lowest BCUT2D eigenvalue weighted by molar-refractivity contribution is 0.936. The number of aromatic nitrogens is 2. The van der Waals surface area contributed by atoms with E-state index in [0.29, 0.717) is 10.9 Å². The van der Waals surface area contributed by atoms with Crippen LogP contribution in [-0.2, 0) is 0 Å². The van der Waals surface area contributed by atoms with Crippen molar-refractivity contribution in [1.82, 2.24) is 9.97 Å². The molecule has 0 saturated heterocycles. The van der Waals surface area contributed by atoms with E-state index in [4.69, 9.17) is 0 Å². The van der Waals surface area contributed by atoms with Crippen molar-refractivity contribution in [2.24, 2.45) is 0 Å². The summed E-state index contributed by atoms with van der Waals surface area (Å²) in [6.45, 7) is 0. The van der Waals surface area contributed by atoms with Crippen molar-refractivity contribution in [2.45, 2.75) is 5.16 Å². The number of thioether (sulfide) groups is 1. The van der Waals surface area contributed by atoms with E-state index in [0.717, 1.165) is 13.6 Å². The van der Waals surface area contributed by atoms with Gasteiger partial charge in [0.15, 0.2) is 5.16 Å². The SMILES string of the molecule is CSc1nc(-c2c(Br)cccc2I)c(C#N)c(=O)[nH]1. The summed E-state index contributed by atoms with van der Waals surface area (Å²) in [5.74, 6) is 0. The normalized spacial score (nSPS) is 10.2. The number of aromatic amines is 1. The zero-order valence-electron chi connectivity index (χ0n) is 9.70. The van der Waals surface area contributed by atoms with Gasteiger partial charge in [-0.25, -0.2) is 4.98 Å². The summed E-state index contributed by atoms with van der Waals surface area (Å²) in [4.78, 5) is 18.8. The third-order valence-corrected chi connectivity index (χ3v) is 4.54. The Morgan fingerprint density at radius 1 is 1.53 bits per heavy atom. The molecule has 0 aliphatic carbocycles. The number of rotatable bonds is 2. The first-order valence-corrected chi connectivity index (χ1v) is 8.21. The van der Waals surface area contributed by atoms with Crippen LogP contribution in [0.25, 0.3) is 11.3 Å². The van der Waals surface area contributed by atoms with Gasteiger partial charge >= 0.3 is 0 Å². The van der Waals surface area contributed by atoms with E-state index >= 15 is 0 Å². The molecule has 1 heterocycles. The second kappa shape index (κ2) is 6.07. The molecule has 0 aliphatic rings. The molecular weight excluding hydrogens is 441 g/mol. The summed E-state index contributed by atoms with van der Waals surface area (Å²) < 4.78 is 1.73. The van der Waals surface area contributed by atoms with Gasteiger partial charge in [-0.2, -0.15) is 5.26 Å². The highest BCUT2D eigenvalue weighted by atomic mass is 127. The van der Waals surface area contributed by atoms with Crippen LogP contribution in [0.4, 0.5) is 0 Å². The Morgan fingerprint density at radius 2 is 2.26 bits per heavy atom. The van der Waals surface area contributed by atoms with Crippen LogP contribution in [0.5, 0.6) is 0 Å². The number of nitrogens with zero attached hydrogens (tertiary/aromatic N) is 2. The molecule has 0 atom stereocenters. The van der Waals surface area contributed by atoms with Gasteiger partial charge in [-0.1, -0.05) is 33.8 Å². The lowest BCUT2D eigenvalue weighted by atomic mass is 10.1. The predicted octanol–water partition coefficient (Wildman–Crippen LogP) is 3.40. The van der Waals surface area contributed by atoms with Gasteiger partial charge in [0.25, 0.3) is 5.56 Å². The van der Waals surface area contributed by atoms with Gasteiger partial charge in [0.1, 0.15) is 11.6 Å². The fourth-order valence-corrected chi connectivity index (χ4v) is 3.61. The molecule has 2 aromatic rings. The zero-order chi connectivity index (χ0) is 14.0. The molecule has 1 aromatic carbocycles. The zero-order valence-corrected chi connectivity index (χ0v) is 14.3. The lowest BCUT2D eigenvalue weighted by Gasteiger charge is -2.09. The molecule has 1 aromatic heterocycles. The molecule has 4 nitrogen and oxygen atoms in total. The minimum atomic E-state index is -0.414. The first-order chi connectivity index (χ1) is 9.08. The summed E-state index contributed by atoms with van der Waals surface area (Å²) in [5.41, 5.74) is 0.791. The molecule has 96 valence electrons. The summed E-state index contributed by atoms with van der Waals surface area (Å²) in [5, 5.41) is 9.66. The van der Waals surface area contributed by atoms with E-state index in [1.807, 2.05) is 30.5 Å². The number of hydrogen-bond donors (Lipinski definition) is 1. The molecule has 1 N–H and O–H groups in total. The fraction of sp³-hybridized carbons (Fsp3) is 0.0833. The molecule has 0 spiro atoms. The number of hydrogen-bond acceptors (Lipinski definition) is 4. The van der Waals surface area contributed by atoms with E-state index in [9.17, 15) is 10.1 Å². The van der Waals surface area contributed by atoms with E-state index in [1.165, 1.54) is 11.8 Å². The van der Waals surface area contributed by atoms with Crippen molar-refractivity contribution in [3.8, 4) is 17.3 Å². The number of H-pyrrole nitrogens is 1. The minimum Gasteiger partial charge on any atom is -0.300 e. The Hall–Kier alpha value is -0.850. The van der Waals surface area contributed by atoms with Crippen LogP contribution in [0.1, 0.15) is 5.56 Å². The van der Waals surface area contributed by atoms with Gasteiger partial charge < -0.3 is 4.98 Å². The number of nitriles is 1. The standard InChI is InChI=1S/C12H7BrIN3OS/c1-19-12-16-10(6(5-15)11(18)17-12)9-7(13)3-2-4-8(9)14/h2-4H,1H3,(H,16,17,18). The van der Waals surface area contributed by atoms with Crippen LogP contribution in [-0.4, -0.2) is 16.2 Å². The first kappa shape index (κ1) is 14.6. The van der Waals surface area contributed by atoms with Gasteiger partial charge in [0, 0.05) is 13.6 Å². The third-order valence-electron chi connectivity index (χ3n) is 2.40. The summed E-state index contributed by atoms with van der Waals surface area (Å²) in [6, 6.07) is 7.59. The molecule has 0 radical (unpaired) electrons. The molecule has 0 saturated carbocycles. The maximum absolute atomic E-state index is 11.9. The number of benzene rings is 1. The van der Waals surface area contributed by atoms with Crippen molar-refractivity contribution in [1.29, 1.82) is 5.26 Å². The minimum absolute atomic E-state index is 0.0302. The van der Waals surface area contributed by atoms with Crippen LogP contribution in [0, 0.1) is 14.9 Å². The maximum Gasteiger partial charge on any atom is 0.270 e. The second-order valence-corrected chi connectivity index (χ2v) is 6.32. The van der Waals surface area contributed by atoms with Gasteiger partial charge in [0.2, 0.25) is 0 Å². The smallest absolute Gasteiger partial charge is 0.270 e. The molecule has 19 heavy (non-hydrogen) atoms. The van der Waals surface area contributed by atoms with E-state index < -0.39 is 5.56 Å². The monoisotopic (exact) mass is 447 g/mol. The van der Waals surface area contributed by atoms with Crippen LogP contribution in [0.15, 0.2) is 32.6 Å². The lowest BCUT2D eigenvalue weighted by Crippen LogP contribution is -2.15. The Morgan fingerprint density at radius 3 is 2.84 bits per heavy atom. The quantitative estimate of drug-likeness (QED) is 0.435. The molecule has 0 bridgehead atoms. The largest absolute Gasteiger partial charge is 0.300 e. The van der Waals surface area contributed by atoms with E-state index in [-0.39, 0.29) is 5.56 Å². The van der Waals surface area contributed by atoms with E-state index in [1.54, 1.807) is 0 Å². The predicted molar refractivity (Wildman–Crippen MR) is 87.2 cm³/mol. The Balaban J connectivity index is 2.86. The highest BCUT2D eigenvalue weighted by molar-refractivity contribution is 14.1. The first-order valence-electron chi connectivity index (χ1n) is 5.11. The van der Waals surface area contributed by atoms with Crippen molar-refractivity contribution in [3.05, 3.63) is 42.2 Å². The van der Waals surface area contributed by atoms with Gasteiger partial charge in [-0.15, -0.1) is 0 Å². The fourth-order valence-electron chi connectivity index (χ4n) is 1.56. The summed E-state index contributed by atoms with van der Waals surface area (Å²) in [6.07, 6.45) is 1.82. The maximum atomic E-state index is 11.9. The van der Waals surface area contributed by atoms with Crippen LogP contribution in [0.3, 0.4) is 0 Å². The molecular formula is C12H7BrIN3OS. The Labute approximate surface area is 135 Å². The Kier molecular flexibility index (Phi) is 4.65. The second-order valence-electron chi connectivity index (χ2n) is 3.51. The molecule has 0 unspecified atom stereocenters. The number of nitrogens with one attached hydrogen (secondary N) is 1. The third kappa shape index (κ3) is 2.85. The number of halogens is 2. The highest BCUT2D eigenvalue weighted by Gasteiger charge is 2.17. The average Bonchev–Trinajstić information content (AvgIpc) is 2.38. The highest BCUT2D eigenvalue weighted by Crippen LogP contribution is 2.32.